The lowest BCUT2D eigenvalue weighted by Gasteiger charge is -2.31. The predicted molar refractivity (Wildman–Crippen MR) is 88.7 cm³/mol. The Kier molecular flexibility index (Phi) is 4.87. The molecule has 22 heavy (non-hydrogen) atoms. The highest BCUT2D eigenvalue weighted by Gasteiger charge is 2.22. The van der Waals surface area contributed by atoms with Gasteiger partial charge in [-0.1, -0.05) is 25.2 Å². The number of nitrogens with zero attached hydrogens (tertiary/aromatic N) is 4. The summed E-state index contributed by atoms with van der Waals surface area (Å²) in [5.41, 5.74) is 0. The van der Waals surface area contributed by atoms with Crippen LogP contribution in [0.5, 0.6) is 5.75 Å². The van der Waals surface area contributed by atoms with Crippen LogP contribution in [0.15, 0.2) is 24.5 Å². The van der Waals surface area contributed by atoms with E-state index in [2.05, 4.69) is 33.9 Å². The van der Waals surface area contributed by atoms with Crippen LogP contribution in [-0.4, -0.2) is 34.9 Å². The number of piperidine rings is 1. The molecule has 0 aliphatic carbocycles. The van der Waals surface area contributed by atoms with Crippen molar-refractivity contribution in [3.05, 3.63) is 29.5 Å². The Morgan fingerprint density at radius 1 is 1.23 bits per heavy atom. The van der Waals surface area contributed by atoms with Crippen molar-refractivity contribution in [1.82, 2.24) is 15.2 Å². The van der Waals surface area contributed by atoms with Crippen LogP contribution in [-0.2, 0) is 0 Å². The molecule has 5 nitrogen and oxygen atoms in total. The Morgan fingerprint density at radius 2 is 1.95 bits per heavy atom. The molecule has 3 rings (SSSR count). The van der Waals surface area contributed by atoms with Crippen molar-refractivity contribution >= 4 is 16.5 Å². The standard InChI is InChI=1S/C16H22N4OS/c1-12(2)15-18-19-16(22-15)20-9-5-13(6-10-20)11-21-14-3-7-17-8-4-14/h3-4,7-8,12-13H,5-6,9-11H2,1-2H3. The third-order valence-electron chi connectivity index (χ3n) is 3.94. The van der Waals surface area contributed by atoms with Crippen molar-refractivity contribution in [3.63, 3.8) is 0 Å². The fraction of sp³-hybridized carbons (Fsp3) is 0.562. The first-order valence-electron chi connectivity index (χ1n) is 7.83. The van der Waals surface area contributed by atoms with Crippen LogP contribution >= 0.6 is 11.3 Å². The molecule has 0 bridgehead atoms. The number of hydrogen-bond acceptors (Lipinski definition) is 6. The fourth-order valence-electron chi connectivity index (χ4n) is 2.53. The minimum absolute atomic E-state index is 0.456. The second-order valence-corrected chi connectivity index (χ2v) is 6.99. The lowest BCUT2D eigenvalue weighted by Crippen LogP contribution is -2.35. The molecule has 0 aromatic carbocycles. The van der Waals surface area contributed by atoms with Gasteiger partial charge in [-0.3, -0.25) is 4.98 Å². The molecule has 2 aromatic rings. The highest BCUT2D eigenvalue weighted by molar-refractivity contribution is 7.15. The van der Waals surface area contributed by atoms with Crippen LogP contribution in [0, 0.1) is 5.92 Å². The molecule has 0 atom stereocenters. The number of anilines is 1. The van der Waals surface area contributed by atoms with Crippen LogP contribution in [0.3, 0.4) is 0 Å². The summed E-state index contributed by atoms with van der Waals surface area (Å²) in [6.07, 6.45) is 5.81. The zero-order valence-electron chi connectivity index (χ0n) is 13.1. The van der Waals surface area contributed by atoms with Crippen molar-refractivity contribution < 1.29 is 4.74 Å². The molecular weight excluding hydrogens is 296 g/mol. The third kappa shape index (κ3) is 3.74. The van der Waals surface area contributed by atoms with Crippen LogP contribution in [0.4, 0.5) is 5.13 Å². The van der Waals surface area contributed by atoms with Crippen LogP contribution in [0.1, 0.15) is 37.6 Å². The van der Waals surface area contributed by atoms with Crippen molar-refractivity contribution in [2.24, 2.45) is 5.92 Å². The van der Waals surface area contributed by atoms with Crippen LogP contribution in [0.2, 0.25) is 0 Å². The summed E-state index contributed by atoms with van der Waals surface area (Å²) in [7, 11) is 0. The predicted octanol–water partition coefficient (Wildman–Crippen LogP) is 3.35. The first-order valence-corrected chi connectivity index (χ1v) is 8.65. The highest BCUT2D eigenvalue weighted by Crippen LogP contribution is 2.29. The van der Waals surface area contributed by atoms with E-state index in [-0.39, 0.29) is 0 Å². The van der Waals surface area contributed by atoms with Gasteiger partial charge in [0.1, 0.15) is 10.8 Å². The first-order chi connectivity index (χ1) is 10.7. The number of rotatable bonds is 5. The minimum Gasteiger partial charge on any atom is -0.493 e. The average molecular weight is 318 g/mol. The Balaban J connectivity index is 1.47. The van der Waals surface area contributed by atoms with Gasteiger partial charge in [0.05, 0.1) is 6.61 Å². The molecule has 0 saturated carbocycles. The van der Waals surface area contributed by atoms with Gasteiger partial charge in [-0.25, -0.2) is 0 Å². The Labute approximate surface area is 135 Å². The Hall–Kier alpha value is -1.69. The van der Waals surface area contributed by atoms with Crippen LogP contribution in [0.25, 0.3) is 0 Å². The maximum absolute atomic E-state index is 5.84. The first kappa shape index (κ1) is 15.2. The van der Waals surface area contributed by atoms with E-state index in [1.165, 1.54) is 0 Å². The second kappa shape index (κ2) is 7.05. The topological polar surface area (TPSA) is 51.1 Å². The smallest absolute Gasteiger partial charge is 0.208 e. The Morgan fingerprint density at radius 3 is 2.59 bits per heavy atom. The van der Waals surface area contributed by atoms with E-state index in [1.807, 2.05) is 12.1 Å². The Bertz CT molecular complexity index is 579. The summed E-state index contributed by atoms with van der Waals surface area (Å²) in [6.45, 7) is 7.18. The lowest BCUT2D eigenvalue weighted by molar-refractivity contribution is 0.222. The van der Waals surface area contributed by atoms with Crippen LogP contribution < -0.4 is 9.64 Å². The quantitative estimate of drug-likeness (QED) is 0.846. The highest BCUT2D eigenvalue weighted by atomic mass is 32.1. The van der Waals surface area contributed by atoms with Gasteiger partial charge < -0.3 is 9.64 Å². The normalized spacial score (nSPS) is 16.2. The number of hydrogen-bond donors (Lipinski definition) is 0. The molecule has 2 aromatic heterocycles. The zero-order chi connectivity index (χ0) is 15.4. The molecule has 1 fully saturated rings. The van der Waals surface area contributed by atoms with Crippen molar-refractivity contribution in [2.45, 2.75) is 32.6 Å². The van der Waals surface area contributed by atoms with Crippen molar-refractivity contribution in [1.29, 1.82) is 0 Å². The van der Waals surface area contributed by atoms with E-state index in [0.717, 1.165) is 48.4 Å². The number of ether oxygens (including phenoxy) is 1. The van der Waals surface area contributed by atoms with Gasteiger partial charge in [0, 0.05) is 31.4 Å². The minimum atomic E-state index is 0.456. The SMILES string of the molecule is CC(C)c1nnc(N2CCC(COc3ccncc3)CC2)s1. The number of aromatic nitrogens is 3. The second-order valence-electron chi connectivity index (χ2n) is 6.00. The summed E-state index contributed by atoms with van der Waals surface area (Å²) in [6, 6.07) is 3.81. The molecule has 3 heterocycles. The monoisotopic (exact) mass is 318 g/mol. The molecular formula is C16H22N4OS. The van der Waals surface area contributed by atoms with E-state index < -0.39 is 0 Å². The van der Waals surface area contributed by atoms with Gasteiger partial charge in [0.2, 0.25) is 5.13 Å². The summed E-state index contributed by atoms with van der Waals surface area (Å²) >= 11 is 1.72. The summed E-state index contributed by atoms with van der Waals surface area (Å²) in [5, 5.41) is 10.8. The van der Waals surface area contributed by atoms with Gasteiger partial charge in [-0.2, -0.15) is 0 Å². The van der Waals surface area contributed by atoms with E-state index in [1.54, 1.807) is 23.7 Å². The molecule has 1 aliphatic heterocycles. The van der Waals surface area contributed by atoms with E-state index in [0.29, 0.717) is 11.8 Å². The van der Waals surface area contributed by atoms with Gasteiger partial charge in [0.25, 0.3) is 0 Å². The molecule has 1 aliphatic rings. The third-order valence-corrected chi connectivity index (χ3v) is 5.23. The van der Waals surface area contributed by atoms with E-state index in [9.17, 15) is 0 Å². The van der Waals surface area contributed by atoms with Gasteiger partial charge >= 0.3 is 0 Å². The summed E-state index contributed by atoms with van der Waals surface area (Å²) < 4.78 is 5.84. The largest absolute Gasteiger partial charge is 0.493 e. The summed E-state index contributed by atoms with van der Waals surface area (Å²) in [5.74, 6) is 1.97. The van der Waals surface area contributed by atoms with Crippen molar-refractivity contribution in [3.8, 4) is 5.75 Å². The molecule has 0 spiro atoms. The average Bonchev–Trinajstić information content (AvgIpc) is 3.05. The molecule has 0 N–H and O–H groups in total. The molecule has 0 unspecified atom stereocenters. The zero-order valence-corrected chi connectivity index (χ0v) is 13.9. The van der Waals surface area contributed by atoms with E-state index >= 15 is 0 Å². The van der Waals surface area contributed by atoms with Gasteiger partial charge in [0.15, 0.2) is 0 Å². The number of pyridine rings is 1. The van der Waals surface area contributed by atoms with Crippen molar-refractivity contribution in [2.75, 3.05) is 24.6 Å². The maximum atomic E-state index is 5.84. The molecule has 1 saturated heterocycles. The molecule has 0 radical (unpaired) electrons. The van der Waals surface area contributed by atoms with Gasteiger partial charge in [-0.05, 0) is 30.9 Å². The molecule has 118 valence electrons. The van der Waals surface area contributed by atoms with Gasteiger partial charge in [-0.15, -0.1) is 10.2 Å². The molecule has 6 heteroatoms. The lowest BCUT2D eigenvalue weighted by atomic mass is 9.98. The maximum Gasteiger partial charge on any atom is 0.208 e. The fourth-order valence-corrected chi connectivity index (χ4v) is 3.42. The molecule has 0 amide bonds. The van der Waals surface area contributed by atoms with E-state index in [4.69, 9.17) is 4.74 Å². The summed E-state index contributed by atoms with van der Waals surface area (Å²) in [4.78, 5) is 6.35.